The van der Waals surface area contributed by atoms with E-state index in [1.807, 2.05) is 0 Å². The van der Waals surface area contributed by atoms with E-state index in [2.05, 4.69) is 67.6 Å². The molecule has 7 nitrogen and oxygen atoms in total. The monoisotopic (exact) mass is 488 g/mol. The van der Waals surface area contributed by atoms with Gasteiger partial charge in [0.05, 0.1) is 16.0 Å². The Hall–Kier alpha value is -3.06. The van der Waals surface area contributed by atoms with Gasteiger partial charge in [0, 0.05) is 0 Å². The van der Waals surface area contributed by atoms with Crippen LogP contribution in [0, 0.1) is 0 Å². The predicted octanol–water partition coefficient (Wildman–Crippen LogP) is 4.25. The van der Waals surface area contributed by atoms with E-state index in [1.54, 1.807) is 0 Å². The molecule has 0 aliphatic heterocycles. The Morgan fingerprint density at radius 3 is 1.55 bits per heavy atom. The number of aromatic carboxylic acids is 2. The standard InChI is InChI=1S/C16H19P.C8H6O7S/c1-2-3-14-17(15-10-6-4-7-11-15)16-12-8-5-9-13-16;9-7(10)4-1-5(8(11)12)3-6(2-4)16(13,14)15/h4-13H,2-3,14H2,1H3;1-3H,(H,9,10)(H,11,12)(H,13,14,15). The first-order valence-electron chi connectivity index (χ1n) is 10.1. The summed E-state index contributed by atoms with van der Waals surface area (Å²) >= 11 is 0. The van der Waals surface area contributed by atoms with Crippen LogP contribution in [0.25, 0.3) is 0 Å². The first-order chi connectivity index (χ1) is 15.6. The molecule has 0 unspecified atom stereocenters. The predicted molar refractivity (Wildman–Crippen MR) is 129 cm³/mol. The van der Waals surface area contributed by atoms with Crippen molar-refractivity contribution in [3.63, 3.8) is 0 Å². The van der Waals surface area contributed by atoms with Crippen molar-refractivity contribution >= 4 is 40.6 Å². The van der Waals surface area contributed by atoms with E-state index in [0.717, 1.165) is 6.07 Å². The van der Waals surface area contributed by atoms with Crippen molar-refractivity contribution in [3.05, 3.63) is 90.0 Å². The Kier molecular flexibility index (Phi) is 9.73. The summed E-state index contributed by atoms with van der Waals surface area (Å²) in [5.74, 6) is -2.99. The van der Waals surface area contributed by atoms with Gasteiger partial charge in [-0.1, -0.05) is 74.0 Å². The van der Waals surface area contributed by atoms with E-state index >= 15 is 0 Å². The first kappa shape index (κ1) is 26.2. The number of rotatable bonds is 8. The molecule has 3 rings (SSSR count). The van der Waals surface area contributed by atoms with Crippen molar-refractivity contribution in [1.82, 2.24) is 0 Å². The molecular formula is C24H25O7PS. The quantitative estimate of drug-likeness (QED) is 0.319. The van der Waals surface area contributed by atoms with Gasteiger partial charge in [0.25, 0.3) is 10.1 Å². The van der Waals surface area contributed by atoms with Crippen LogP contribution in [0.4, 0.5) is 0 Å². The Labute approximate surface area is 194 Å². The van der Waals surface area contributed by atoms with Crippen molar-refractivity contribution in [2.45, 2.75) is 24.7 Å². The molecule has 0 radical (unpaired) electrons. The summed E-state index contributed by atoms with van der Waals surface area (Å²) in [7, 11) is -4.80. The maximum atomic E-state index is 10.8. The van der Waals surface area contributed by atoms with Gasteiger partial charge in [-0.05, 0) is 49.3 Å². The van der Waals surface area contributed by atoms with Crippen LogP contribution in [-0.2, 0) is 10.1 Å². The molecule has 0 aliphatic rings. The maximum Gasteiger partial charge on any atom is 0.335 e. The minimum Gasteiger partial charge on any atom is -0.478 e. The lowest BCUT2D eigenvalue weighted by molar-refractivity contribution is 0.0696. The molecule has 3 aromatic carbocycles. The van der Waals surface area contributed by atoms with Crippen molar-refractivity contribution in [2.24, 2.45) is 0 Å². The van der Waals surface area contributed by atoms with Gasteiger partial charge in [-0.2, -0.15) is 8.42 Å². The summed E-state index contributed by atoms with van der Waals surface area (Å²) in [6.07, 6.45) is 3.90. The Balaban J connectivity index is 0.000000234. The zero-order valence-corrected chi connectivity index (χ0v) is 19.7. The van der Waals surface area contributed by atoms with Gasteiger partial charge in [-0.3, -0.25) is 4.55 Å². The summed E-state index contributed by atoms with van der Waals surface area (Å²) in [5.41, 5.74) is -1.07. The van der Waals surface area contributed by atoms with Gasteiger partial charge in [-0.25, -0.2) is 9.59 Å². The highest BCUT2D eigenvalue weighted by Crippen LogP contribution is 2.34. The lowest BCUT2D eigenvalue weighted by Crippen LogP contribution is -2.13. The molecule has 0 aromatic heterocycles. The molecule has 0 saturated heterocycles. The zero-order chi connectivity index (χ0) is 24.4. The van der Waals surface area contributed by atoms with Crippen molar-refractivity contribution in [1.29, 1.82) is 0 Å². The van der Waals surface area contributed by atoms with Crippen LogP contribution in [0.5, 0.6) is 0 Å². The van der Waals surface area contributed by atoms with Gasteiger partial charge in [0.1, 0.15) is 0 Å². The van der Waals surface area contributed by atoms with E-state index in [-0.39, 0.29) is 7.92 Å². The maximum absolute atomic E-state index is 10.8. The average molecular weight is 488 g/mol. The fraction of sp³-hybridized carbons (Fsp3) is 0.167. The van der Waals surface area contributed by atoms with Crippen LogP contribution in [0.2, 0.25) is 0 Å². The third kappa shape index (κ3) is 8.09. The first-order valence-corrected chi connectivity index (χ1v) is 13.1. The largest absolute Gasteiger partial charge is 0.478 e. The molecule has 9 heteroatoms. The second-order valence-corrected chi connectivity index (χ2v) is 10.8. The van der Waals surface area contributed by atoms with Crippen molar-refractivity contribution in [2.75, 3.05) is 6.16 Å². The topological polar surface area (TPSA) is 129 Å². The summed E-state index contributed by atoms with van der Waals surface area (Å²) < 4.78 is 30.2. The Morgan fingerprint density at radius 1 is 0.788 bits per heavy atom. The molecule has 3 aromatic rings. The van der Waals surface area contributed by atoms with Crippen molar-refractivity contribution < 1.29 is 32.8 Å². The zero-order valence-electron chi connectivity index (χ0n) is 18.0. The van der Waals surface area contributed by atoms with Gasteiger partial charge < -0.3 is 10.2 Å². The molecule has 174 valence electrons. The van der Waals surface area contributed by atoms with E-state index in [0.29, 0.717) is 12.1 Å². The highest BCUT2D eigenvalue weighted by Gasteiger charge is 2.17. The fourth-order valence-electron chi connectivity index (χ4n) is 2.93. The molecule has 0 amide bonds. The van der Waals surface area contributed by atoms with Gasteiger partial charge in [0.15, 0.2) is 0 Å². The van der Waals surface area contributed by atoms with Gasteiger partial charge >= 0.3 is 11.9 Å². The highest BCUT2D eigenvalue weighted by molar-refractivity contribution is 7.85. The van der Waals surface area contributed by atoms with Gasteiger partial charge in [0.2, 0.25) is 0 Å². The third-order valence-electron chi connectivity index (χ3n) is 4.57. The van der Waals surface area contributed by atoms with Crippen LogP contribution < -0.4 is 10.6 Å². The van der Waals surface area contributed by atoms with Crippen LogP contribution in [-0.4, -0.2) is 41.3 Å². The van der Waals surface area contributed by atoms with Crippen LogP contribution in [0.3, 0.4) is 0 Å². The molecule has 0 saturated carbocycles. The number of carbonyl (C=O) groups is 2. The normalized spacial score (nSPS) is 10.9. The minimum atomic E-state index is -4.64. The number of carboxylic acid groups (broad SMARTS) is 2. The fourth-order valence-corrected chi connectivity index (χ4v) is 6.00. The van der Waals surface area contributed by atoms with E-state index in [1.165, 1.54) is 29.6 Å². The van der Waals surface area contributed by atoms with E-state index < -0.39 is 38.1 Å². The Bertz CT molecular complexity index is 1110. The molecule has 0 fully saturated rings. The summed E-state index contributed by atoms with van der Waals surface area (Å²) in [6.45, 7) is 2.27. The molecular weight excluding hydrogens is 463 g/mol. The third-order valence-corrected chi connectivity index (χ3v) is 8.01. The van der Waals surface area contributed by atoms with Gasteiger partial charge in [-0.15, -0.1) is 0 Å². The van der Waals surface area contributed by atoms with E-state index in [9.17, 15) is 18.0 Å². The number of benzene rings is 3. The molecule has 0 atom stereocenters. The van der Waals surface area contributed by atoms with Crippen LogP contribution >= 0.6 is 7.92 Å². The van der Waals surface area contributed by atoms with E-state index in [4.69, 9.17) is 14.8 Å². The molecule has 0 aliphatic carbocycles. The second-order valence-electron chi connectivity index (χ2n) is 7.01. The minimum absolute atomic E-state index is 0.157. The highest BCUT2D eigenvalue weighted by atomic mass is 32.2. The lowest BCUT2D eigenvalue weighted by atomic mass is 10.1. The van der Waals surface area contributed by atoms with Crippen LogP contribution in [0.1, 0.15) is 40.5 Å². The molecule has 3 N–H and O–H groups in total. The SMILES string of the molecule is CCCCP(c1ccccc1)c1ccccc1.O=C(O)c1cc(C(=O)O)cc(S(=O)(=O)O)c1. The average Bonchev–Trinajstić information content (AvgIpc) is 2.80. The Morgan fingerprint density at radius 2 is 1.21 bits per heavy atom. The summed E-state index contributed by atoms with van der Waals surface area (Å²) in [6, 6.07) is 24.0. The lowest BCUT2D eigenvalue weighted by Gasteiger charge is -2.18. The molecule has 0 spiro atoms. The molecule has 0 bridgehead atoms. The summed E-state index contributed by atoms with van der Waals surface area (Å²) in [4.78, 5) is 20.4. The number of hydrogen-bond donors (Lipinski definition) is 3. The second kappa shape index (κ2) is 12.3. The summed E-state index contributed by atoms with van der Waals surface area (Å²) in [5, 5.41) is 20.2. The number of carboxylic acids is 2. The molecule has 33 heavy (non-hydrogen) atoms. The number of unbranched alkanes of at least 4 members (excludes halogenated alkanes) is 1. The smallest absolute Gasteiger partial charge is 0.335 e. The van der Waals surface area contributed by atoms with Crippen molar-refractivity contribution in [3.8, 4) is 0 Å². The number of hydrogen-bond acceptors (Lipinski definition) is 4. The molecule has 0 heterocycles. The van der Waals surface area contributed by atoms with Crippen LogP contribution in [0.15, 0.2) is 83.8 Å².